The normalized spacial score (nSPS) is 15.0. The molecule has 0 bridgehead atoms. The van der Waals surface area contributed by atoms with E-state index < -0.39 is 0 Å². The van der Waals surface area contributed by atoms with Crippen molar-refractivity contribution in [1.29, 1.82) is 0 Å². The summed E-state index contributed by atoms with van der Waals surface area (Å²) in [6.07, 6.45) is 3.42. The van der Waals surface area contributed by atoms with E-state index in [1.807, 2.05) is 19.3 Å². The Morgan fingerprint density at radius 2 is 2.00 bits per heavy atom. The van der Waals surface area contributed by atoms with Crippen LogP contribution in [0.1, 0.15) is 33.7 Å². The predicted molar refractivity (Wildman–Crippen MR) is 91.1 cm³/mol. The highest BCUT2D eigenvalue weighted by molar-refractivity contribution is 6.03. The molecule has 0 spiro atoms. The minimum Gasteiger partial charge on any atom is -0.459 e. The molecule has 2 aromatic rings. The largest absolute Gasteiger partial charge is 0.459 e. The highest BCUT2D eigenvalue weighted by Gasteiger charge is 2.19. The first kappa shape index (κ1) is 16.3. The second-order valence-corrected chi connectivity index (χ2v) is 5.89. The number of hydrogen-bond acceptors (Lipinski definition) is 4. The molecule has 1 aliphatic rings. The Morgan fingerprint density at radius 1 is 1.21 bits per heavy atom. The van der Waals surface area contributed by atoms with Crippen LogP contribution in [0.25, 0.3) is 0 Å². The molecule has 6 nitrogen and oxygen atoms in total. The van der Waals surface area contributed by atoms with Gasteiger partial charge in [-0.3, -0.25) is 4.79 Å². The zero-order valence-corrected chi connectivity index (χ0v) is 13.6. The Bertz CT molecular complexity index is 733. The quantitative estimate of drug-likeness (QED) is 0.845. The summed E-state index contributed by atoms with van der Waals surface area (Å²) in [4.78, 5) is 24.5. The Hall–Kier alpha value is -2.60. The van der Waals surface area contributed by atoms with E-state index in [2.05, 4.69) is 10.6 Å². The summed E-state index contributed by atoms with van der Waals surface area (Å²) in [5, 5.41) is 6.04. The van der Waals surface area contributed by atoms with Crippen LogP contribution in [0.2, 0.25) is 0 Å². The van der Waals surface area contributed by atoms with Crippen LogP contribution in [0.5, 0.6) is 0 Å². The number of aromatic nitrogens is 1. The number of ether oxygens (including phenoxy) is 1. The molecule has 1 amide bonds. The molecule has 2 heterocycles. The standard InChI is InChI=1S/C18H21N3O3/c1-21-11-3-6-16(21)17(22)20-14-5-2-4-13(12-14)18(23)24-15-7-9-19-10-8-15/h2-6,11-12,15,19H,7-10H2,1H3,(H,20,22). The van der Waals surface area contributed by atoms with E-state index >= 15 is 0 Å². The van der Waals surface area contributed by atoms with Gasteiger partial charge in [0.2, 0.25) is 0 Å². The van der Waals surface area contributed by atoms with Crippen molar-refractivity contribution in [2.45, 2.75) is 18.9 Å². The smallest absolute Gasteiger partial charge is 0.338 e. The van der Waals surface area contributed by atoms with Crippen molar-refractivity contribution < 1.29 is 14.3 Å². The fourth-order valence-corrected chi connectivity index (χ4v) is 2.75. The molecule has 1 fully saturated rings. The number of benzene rings is 1. The fourth-order valence-electron chi connectivity index (χ4n) is 2.75. The lowest BCUT2D eigenvalue weighted by molar-refractivity contribution is 0.0229. The first-order valence-corrected chi connectivity index (χ1v) is 8.08. The van der Waals surface area contributed by atoms with Gasteiger partial charge < -0.3 is 19.9 Å². The average Bonchev–Trinajstić information content (AvgIpc) is 3.02. The summed E-state index contributed by atoms with van der Waals surface area (Å²) in [5.41, 5.74) is 1.57. The van der Waals surface area contributed by atoms with Crippen LogP contribution in [0.4, 0.5) is 5.69 Å². The summed E-state index contributed by atoms with van der Waals surface area (Å²) >= 11 is 0. The van der Waals surface area contributed by atoms with Gasteiger partial charge in [-0.2, -0.15) is 0 Å². The zero-order valence-electron chi connectivity index (χ0n) is 13.6. The Kier molecular flexibility index (Phi) is 4.96. The lowest BCUT2D eigenvalue weighted by Crippen LogP contribution is -2.33. The minimum absolute atomic E-state index is 0.0413. The van der Waals surface area contributed by atoms with Crippen molar-refractivity contribution in [3.8, 4) is 0 Å². The van der Waals surface area contributed by atoms with Crippen LogP contribution >= 0.6 is 0 Å². The predicted octanol–water partition coefficient (Wildman–Crippen LogP) is 2.19. The van der Waals surface area contributed by atoms with E-state index in [0.717, 1.165) is 25.9 Å². The topological polar surface area (TPSA) is 72.4 Å². The summed E-state index contributed by atoms with van der Waals surface area (Å²) in [5.74, 6) is -0.566. The van der Waals surface area contributed by atoms with Gasteiger partial charge in [0.15, 0.2) is 0 Å². The minimum atomic E-state index is -0.350. The van der Waals surface area contributed by atoms with Crippen molar-refractivity contribution in [3.05, 3.63) is 53.9 Å². The Labute approximate surface area is 140 Å². The second kappa shape index (κ2) is 7.31. The molecule has 1 aromatic heterocycles. The van der Waals surface area contributed by atoms with E-state index in [1.165, 1.54) is 0 Å². The SMILES string of the molecule is Cn1cccc1C(=O)Nc1cccc(C(=O)OC2CCNCC2)c1. The third-order valence-corrected chi connectivity index (χ3v) is 4.09. The lowest BCUT2D eigenvalue weighted by atomic mass is 10.1. The highest BCUT2D eigenvalue weighted by Crippen LogP contribution is 2.16. The molecule has 6 heteroatoms. The molecule has 0 unspecified atom stereocenters. The van der Waals surface area contributed by atoms with Gasteiger partial charge in [0.25, 0.3) is 5.91 Å². The van der Waals surface area contributed by atoms with Crippen LogP contribution in [0, 0.1) is 0 Å². The number of piperidine rings is 1. The summed E-state index contributed by atoms with van der Waals surface area (Å²) in [6.45, 7) is 1.73. The van der Waals surface area contributed by atoms with E-state index in [9.17, 15) is 9.59 Å². The Morgan fingerprint density at radius 3 is 2.71 bits per heavy atom. The van der Waals surface area contributed by atoms with Crippen molar-refractivity contribution in [2.75, 3.05) is 18.4 Å². The molecule has 0 atom stereocenters. The molecule has 2 N–H and O–H groups in total. The van der Waals surface area contributed by atoms with Crippen molar-refractivity contribution in [3.63, 3.8) is 0 Å². The summed E-state index contributed by atoms with van der Waals surface area (Å²) in [6, 6.07) is 10.4. The maximum atomic E-state index is 12.3. The molecule has 0 aliphatic carbocycles. The van der Waals surface area contributed by atoms with Gasteiger partial charge in [-0.05, 0) is 56.3 Å². The number of hydrogen-bond donors (Lipinski definition) is 2. The highest BCUT2D eigenvalue weighted by atomic mass is 16.5. The molecule has 1 aromatic carbocycles. The summed E-state index contributed by atoms with van der Waals surface area (Å²) in [7, 11) is 1.81. The van der Waals surface area contributed by atoms with Gasteiger partial charge in [-0.25, -0.2) is 4.79 Å². The number of aryl methyl sites for hydroxylation is 1. The van der Waals surface area contributed by atoms with E-state index in [4.69, 9.17) is 4.74 Å². The number of anilines is 1. The fraction of sp³-hybridized carbons (Fsp3) is 0.333. The number of nitrogens with zero attached hydrogens (tertiary/aromatic N) is 1. The van der Waals surface area contributed by atoms with Gasteiger partial charge in [0.1, 0.15) is 11.8 Å². The number of amides is 1. The third kappa shape index (κ3) is 3.83. The maximum Gasteiger partial charge on any atom is 0.338 e. The van der Waals surface area contributed by atoms with E-state index in [-0.39, 0.29) is 18.0 Å². The number of carbonyl (C=O) groups is 2. The van der Waals surface area contributed by atoms with Gasteiger partial charge in [0, 0.05) is 18.9 Å². The first-order valence-electron chi connectivity index (χ1n) is 8.08. The average molecular weight is 327 g/mol. The molecule has 1 aliphatic heterocycles. The lowest BCUT2D eigenvalue weighted by Gasteiger charge is -2.22. The first-order chi connectivity index (χ1) is 11.6. The van der Waals surface area contributed by atoms with Crippen LogP contribution in [-0.2, 0) is 11.8 Å². The summed E-state index contributed by atoms with van der Waals surface area (Å²) < 4.78 is 7.27. The molecule has 0 saturated carbocycles. The molecule has 0 radical (unpaired) electrons. The molecular formula is C18H21N3O3. The number of carbonyl (C=O) groups excluding carboxylic acids is 2. The van der Waals surface area contributed by atoms with Crippen molar-refractivity contribution >= 4 is 17.6 Å². The maximum absolute atomic E-state index is 12.3. The van der Waals surface area contributed by atoms with Crippen LogP contribution in [0.3, 0.4) is 0 Å². The monoisotopic (exact) mass is 327 g/mol. The van der Waals surface area contributed by atoms with Crippen molar-refractivity contribution in [2.24, 2.45) is 7.05 Å². The molecule has 24 heavy (non-hydrogen) atoms. The van der Waals surface area contributed by atoms with Gasteiger partial charge in [-0.15, -0.1) is 0 Å². The van der Waals surface area contributed by atoms with Crippen LogP contribution in [0.15, 0.2) is 42.6 Å². The van der Waals surface area contributed by atoms with Gasteiger partial charge >= 0.3 is 5.97 Å². The van der Waals surface area contributed by atoms with Crippen LogP contribution < -0.4 is 10.6 Å². The van der Waals surface area contributed by atoms with E-state index in [0.29, 0.717) is 16.9 Å². The number of rotatable bonds is 4. The van der Waals surface area contributed by atoms with Crippen molar-refractivity contribution in [1.82, 2.24) is 9.88 Å². The molecule has 1 saturated heterocycles. The molecular weight excluding hydrogens is 306 g/mol. The Balaban J connectivity index is 1.66. The number of esters is 1. The van der Waals surface area contributed by atoms with Crippen LogP contribution in [-0.4, -0.2) is 35.6 Å². The number of nitrogens with one attached hydrogen (secondary N) is 2. The van der Waals surface area contributed by atoms with E-state index in [1.54, 1.807) is 34.9 Å². The van der Waals surface area contributed by atoms with Gasteiger partial charge in [0.05, 0.1) is 5.56 Å². The zero-order chi connectivity index (χ0) is 16.9. The van der Waals surface area contributed by atoms with Gasteiger partial charge in [-0.1, -0.05) is 6.07 Å². The second-order valence-electron chi connectivity index (χ2n) is 5.89. The molecule has 3 rings (SSSR count). The third-order valence-electron chi connectivity index (χ3n) is 4.09. The molecule has 126 valence electrons.